The molecule has 84 valence electrons. The van der Waals surface area contributed by atoms with Crippen LogP contribution in [-0.2, 0) is 0 Å². The van der Waals surface area contributed by atoms with Gasteiger partial charge in [0.2, 0.25) is 0 Å². The predicted octanol–water partition coefficient (Wildman–Crippen LogP) is 3.37. The summed E-state index contributed by atoms with van der Waals surface area (Å²) in [4.78, 5) is 8.22. The van der Waals surface area contributed by atoms with E-state index in [-0.39, 0.29) is 0 Å². The minimum Gasteiger partial charge on any atom is -0.370 e. The van der Waals surface area contributed by atoms with Crippen molar-refractivity contribution >= 4 is 39.6 Å². The number of hydrogen-bond acceptors (Lipinski definition) is 5. The molecule has 0 bridgehead atoms. The Bertz CT molecular complexity index is 471. The van der Waals surface area contributed by atoms with E-state index in [4.69, 9.17) is 11.6 Å². The molecule has 2 aromatic rings. The van der Waals surface area contributed by atoms with Crippen molar-refractivity contribution in [1.29, 1.82) is 0 Å². The summed E-state index contributed by atoms with van der Waals surface area (Å²) in [6, 6.07) is 5.63. The average Bonchev–Trinajstić information content (AvgIpc) is 2.65. The lowest BCUT2D eigenvalue weighted by molar-refractivity contribution is 1.11. The molecule has 0 atom stereocenters. The number of rotatable bonds is 4. The first-order valence-electron chi connectivity index (χ1n) is 4.86. The summed E-state index contributed by atoms with van der Waals surface area (Å²) >= 11 is 7.32. The van der Waals surface area contributed by atoms with Gasteiger partial charge in [0.1, 0.15) is 18.0 Å². The Labute approximate surface area is 103 Å². The van der Waals surface area contributed by atoms with Crippen molar-refractivity contribution in [3.63, 3.8) is 0 Å². The summed E-state index contributed by atoms with van der Waals surface area (Å²) in [5.41, 5.74) is 0. The highest BCUT2D eigenvalue weighted by molar-refractivity contribution is 7.19. The van der Waals surface area contributed by atoms with E-state index in [2.05, 4.69) is 20.6 Å². The van der Waals surface area contributed by atoms with E-state index in [1.54, 1.807) is 0 Å². The van der Waals surface area contributed by atoms with Gasteiger partial charge in [-0.2, -0.15) is 0 Å². The molecule has 0 saturated heterocycles. The predicted molar refractivity (Wildman–Crippen MR) is 68.8 cm³/mol. The minimum atomic E-state index is 0.753. The van der Waals surface area contributed by atoms with E-state index in [1.165, 1.54) is 17.7 Å². The third-order valence-electron chi connectivity index (χ3n) is 1.85. The van der Waals surface area contributed by atoms with Gasteiger partial charge in [-0.15, -0.1) is 11.3 Å². The van der Waals surface area contributed by atoms with Crippen LogP contribution in [-0.4, -0.2) is 16.5 Å². The van der Waals surface area contributed by atoms with Crippen molar-refractivity contribution in [2.75, 3.05) is 17.2 Å². The molecule has 0 radical (unpaired) electrons. The molecule has 2 rings (SSSR count). The van der Waals surface area contributed by atoms with E-state index in [0.717, 1.165) is 27.5 Å². The lowest BCUT2D eigenvalue weighted by Crippen LogP contribution is -2.01. The maximum Gasteiger partial charge on any atom is 0.136 e. The Kier molecular flexibility index (Phi) is 3.58. The number of thiophene rings is 1. The topological polar surface area (TPSA) is 49.8 Å². The number of aromatic nitrogens is 2. The lowest BCUT2D eigenvalue weighted by Gasteiger charge is -2.05. The summed E-state index contributed by atoms with van der Waals surface area (Å²) in [6.07, 6.45) is 1.52. The zero-order chi connectivity index (χ0) is 11.4. The Balaban J connectivity index is 2.12. The maximum atomic E-state index is 5.84. The van der Waals surface area contributed by atoms with Crippen molar-refractivity contribution in [3.8, 4) is 0 Å². The fraction of sp³-hybridized carbons (Fsp3) is 0.200. The van der Waals surface area contributed by atoms with Crippen LogP contribution in [0.5, 0.6) is 0 Å². The second kappa shape index (κ2) is 5.14. The Hall–Kier alpha value is -1.33. The molecule has 4 nitrogen and oxygen atoms in total. The second-order valence-corrected chi connectivity index (χ2v) is 4.76. The zero-order valence-corrected chi connectivity index (χ0v) is 10.3. The molecule has 0 unspecified atom stereocenters. The molecule has 2 aromatic heterocycles. The third kappa shape index (κ3) is 2.84. The molecule has 0 aliphatic heterocycles. The van der Waals surface area contributed by atoms with Gasteiger partial charge in [-0.1, -0.05) is 11.6 Å². The lowest BCUT2D eigenvalue weighted by atomic mass is 10.5. The first-order chi connectivity index (χ1) is 7.78. The van der Waals surface area contributed by atoms with Crippen LogP contribution in [0.15, 0.2) is 24.5 Å². The van der Waals surface area contributed by atoms with E-state index in [1.807, 2.05) is 25.1 Å². The SMILES string of the molecule is CCNc1cc(Nc2ccc(Cl)s2)ncn1. The van der Waals surface area contributed by atoms with E-state index < -0.39 is 0 Å². The smallest absolute Gasteiger partial charge is 0.136 e. The van der Waals surface area contributed by atoms with Gasteiger partial charge in [-0.25, -0.2) is 9.97 Å². The van der Waals surface area contributed by atoms with Gasteiger partial charge in [-0.05, 0) is 19.1 Å². The highest BCUT2D eigenvalue weighted by Crippen LogP contribution is 2.28. The van der Waals surface area contributed by atoms with Gasteiger partial charge < -0.3 is 10.6 Å². The Morgan fingerprint density at radius 1 is 1.31 bits per heavy atom. The summed E-state index contributed by atoms with van der Waals surface area (Å²) in [5.74, 6) is 1.56. The van der Waals surface area contributed by atoms with Crippen molar-refractivity contribution in [2.24, 2.45) is 0 Å². The molecule has 0 aromatic carbocycles. The zero-order valence-electron chi connectivity index (χ0n) is 8.70. The van der Waals surface area contributed by atoms with Crippen LogP contribution >= 0.6 is 22.9 Å². The maximum absolute atomic E-state index is 5.84. The molecule has 0 amide bonds. The molecule has 0 aliphatic carbocycles. The summed E-state index contributed by atoms with van der Waals surface area (Å²) in [6.45, 7) is 2.86. The molecule has 16 heavy (non-hydrogen) atoms. The molecule has 0 aliphatic rings. The first kappa shape index (κ1) is 11.2. The standard InChI is InChI=1S/C10H11ClN4S/c1-2-12-8-5-9(14-6-13-8)15-10-4-3-7(11)16-10/h3-6H,2H2,1H3,(H2,12,13,14,15). The van der Waals surface area contributed by atoms with Gasteiger partial charge in [0.05, 0.1) is 9.34 Å². The van der Waals surface area contributed by atoms with Crippen molar-refractivity contribution in [2.45, 2.75) is 6.92 Å². The summed E-state index contributed by atoms with van der Waals surface area (Å²) in [5, 5.41) is 7.26. The van der Waals surface area contributed by atoms with Crippen molar-refractivity contribution in [1.82, 2.24) is 9.97 Å². The van der Waals surface area contributed by atoms with Crippen LogP contribution in [0.25, 0.3) is 0 Å². The van der Waals surface area contributed by atoms with Crippen LogP contribution in [0.2, 0.25) is 4.34 Å². The highest BCUT2D eigenvalue weighted by Gasteiger charge is 2.01. The molecule has 6 heteroatoms. The molecule has 0 spiro atoms. The number of nitrogens with one attached hydrogen (secondary N) is 2. The van der Waals surface area contributed by atoms with Gasteiger partial charge in [-0.3, -0.25) is 0 Å². The molecular weight excluding hydrogens is 244 g/mol. The van der Waals surface area contributed by atoms with E-state index >= 15 is 0 Å². The minimum absolute atomic E-state index is 0.753. The van der Waals surface area contributed by atoms with Crippen LogP contribution in [0.3, 0.4) is 0 Å². The Morgan fingerprint density at radius 3 is 2.81 bits per heavy atom. The summed E-state index contributed by atoms with van der Waals surface area (Å²) < 4.78 is 0.753. The van der Waals surface area contributed by atoms with E-state index in [9.17, 15) is 0 Å². The average molecular weight is 255 g/mol. The third-order valence-corrected chi connectivity index (χ3v) is 3.00. The molecule has 0 saturated carbocycles. The number of halogens is 1. The van der Waals surface area contributed by atoms with Crippen molar-refractivity contribution < 1.29 is 0 Å². The number of nitrogens with zero attached hydrogens (tertiary/aromatic N) is 2. The van der Waals surface area contributed by atoms with Crippen molar-refractivity contribution in [3.05, 3.63) is 28.9 Å². The van der Waals surface area contributed by atoms with Gasteiger partial charge >= 0.3 is 0 Å². The quantitative estimate of drug-likeness (QED) is 0.878. The fourth-order valence-corrected chi connectivity index (χ4v) is 2.16. The first-order valence-corrected chi connectivity index (χ1v) is 6.05. The van der Waals surface area contributed by atoms with Crippen LogP contribution in [0.4, 0.5) is 16.6 Å². The van der Waals surface area contributed by atoms with Crippen LogP contribution in [0.1, 0.15) is 6.92 Å². The largest absolute Gasteiger partial charge is 0.370 e. The van der Waals surface area contributed by atoms with Gasteiger partial charge in [0.15, 0.2) is 0 Å². The summed E-state index contributed by atoms with van der Waals surface area (Å²) in [7, 11) is 0. The monoisotopic (exact) mass is 254 g/mol. The molecule has 0 fully saturated rings. The van der Waals surface area contributed by atoms with Crippen LogP contribution in [0, 0.1) is 0 Å². The number of anilines is 3. The van der Waals surface area contributed by atoms with Gasteiger partial charge in [0, 0.05) is 12.6 Å². The molecule has 2 N–H and O–H groups in total. The molecular formula is C10H11ClN4S. The Morgan fingerprint density at radius 2 is 2.12 bits per heavy atom. The highest BCUT2D eigenvalue weighted by atomic mass is 35.5. The fourth-order valence-electron chi connectivity index (χ4n) is 1.21. The normalized spacial score (nSPS) is 10.1. The second-order valence-electron chi connectivity index (χ2n) is 3.05. The number of hydrogen-bond donors (Lipinski definition) is 2. The van der Waals surface area contributed by atoms with Gasteiger partial charge in [0.25, 0.3) is 0 Å². The van der Waals surface area contributed by atoms with Crippen LogP contribution < -0.4 is 10.6 Å². The van der Waals surface area contributed by atoms with E-state index in [0.29, 0.717) is 0 Å². The molecule has 2 heterocycles.